The van der Waals surface area contributed by atoms with Crippen LogP contribution < -0.4 is 21.2 Å². The maximum absolute atomic E-state index is 12.5. The third-order valence-corrected chi connectivity index (χ3v) is 4.83. The number of amides is 3. The number of imide groups is 1. The summed E-state index contributed by atoms with van der Waals surface area (Å²) in [6, 6.07) is 9.90. The number of anilines is 1. The highest BCUT2D eigenvalue weighted by Gasteiger charge is 2.33. The average molecular weight is 487 g/mol. The molecule has 1 aliphatic heterocycles. The zero-order chi connectivity index (χ0) is 22.7. The van der Waals surface area contributed by atoms with Crippen LogP contribution in [-0.2, 0) is 20.9 Å². The Kier molecular flexibility index (Phi) is 6.52. The molecule has 31 heavy (non-hydrogen) atoms. The second-order valence-corrected chi connectivity index (χ2v) is 7.63. The zero-order valence-electron chi connectivity index (χ0n) is 16.7. The van der Waals surface area contributed by atoms with Gasteiger partial charge < -0.3 is 15.4 Å². The molecule has 3 amide bonds. The van der Waals surface area contributed by atoms with Crippen molar-refractivity contribution in [2.24, 2.45) is 5.84 Å². The summed E-state index contributed by atoms with van der Waals surface area (Å²) >= 11 is 3.34. The Labute approximate surface area is 186 Å². The van der Waals surface area contributed by atoms with E-state index in [-0.39, 0.29) is 23.8 Å². The normalized spacial score (nSPS) is 14.3. The van der Waals surface area contributed by atoms with Crippen LogP contribution in [0.1, 0.15) is 35.3 Å². The molecule has 0 saturated carbocycles. The molecule has 0 aliphatic carbocycles. The second-order valence-electron chi connectivity index (χ2n) is 6.71. The van der Waals surface area contributed by atoms with Crippen molar-refractivity contribution < 1.29 is 23.9 Å². The molecule has 0 aromatic heterocycles. The minimum atomic E-state index is -0.635. The standard InChI is InChI=1S/C21H19BrN4O5/c1-11(27)25-18-6-3-13(7-19(18)31-12(2)28)9-24-10-17-16-8-14(22)4-5-15(16)20(29)26(23)21(17)30/h3-8,10,24H,9,23H2,1-2H3,(H,25,27)/b17-10-. The quantitative estimate of drug-likeness (QED) is 0.147. The molecule has 4 N–H and O–H groups in total. The van der Waals surface area contributed by atoms with Crippen LogP contribution in [0.5, 0.6) is 5.75 Å². The molecule has 1 aliphatic rings. The van der Waals surface area contributed by atoms with Crippen LogP contribution in [0, 0.1) is 0 Å². The molecule has 0 saturated heterocycles. The lowest BCUT2D eigenvalue weighted by molar-refractivity contribution is -0.132. The highest BCUT2D eigenvalue weighted by atomic mass is 79.9. The SMILES string of the molecule is CC(=O)Nc1ccc(CN/C=C2\C(=O)N(N)C(=O)c3ccc(Br)cc32)cc1OC(C)=O. The van der Waals surface area contributed by atoms with Crippen molar-refractivity contribution in [3.63, 3.8) is 0 Å². The summed E-state index contributed by atoms with van der Waals surface area (Å²) < 4.78 is 5.88. The lowest BCUT2D eigenvalue weighted by Crippen LogP contribution is -2.46. The first-order chi connectivity index (χ1) is 14.7. The lowest BCUT2D eigenvalue weighted by Gasteiger charge is -2.25. The van der Waals surface area contributed by atoms with E-state index in [0.29, 0.717) is 26.3 Å². The van der Waals surface area contributed by atoms with Crippen LogP contribution in [0.4, 0.5) is 5.69 Å². The van der Waals surface area contributed by atoms with Crippen LogP contribution >= 0.6 is 15.9 Å². The third-order valence-electron chi connectivity index (χ3n) is 4.33. The lowest BCUT2D eigenvalue weighted by atomic mass is 9.95. The molecule has 2 aromatic rings. The number of hydrogen-bond acceptors (Lipinski definition) is 7. The number of nitrogens with one attached hydrogen (secondary N) is 2. The number of nitrogens with two attached hydrogens (primary N) is 1. The fourth-order valence-electron chi connectivity index (χ4n) is 3.01. The van der Waals surface area contributed by atoms with E-state index >= 15 is 0 Å². The summed E-state index contributed by atoms with van der Waals surface area (Å²) in [6.07, 6.45) is 1.48. The van der Waals surface area contributed by atoms with Crippen LogP contribution in [0.15, 0.2) is 47.1 Å². The van der Waals surface area contributed by atoms with Crippen molar-refractivity contribution in [3.8, 4) is 5.75 Å². The van der Waals surface area contributed by atoms with Crippen LogP contribution in [0.25, 0.3) is 5.57 Å². The van der Waals surface area contributed by atoms with Crippen molar-refractivity contribution in [2.75, 3.05) is 5.32 Å². The second kappa shape index (κ2) is 9.11. The van der Waals surface area contributed by atoms with E-state index in [1.54, 1.807) is 36.4 Å². The van der Waals surface area contributed by atoms with Crippen LogP contribution in [0.3, 0.4) is 0 Å². The first-order valence-corrected chi connectivity index (χ1v) is 9.92. The Hall–Kier alpha value is -3.50. The van der Waals surface area contributed by atoms with Gasteiger partial charge in [0.2, 0.25) is 5.91 Å². The fourth-order valence-corrected chi connectivity index (χ4v) is 3.37. The van der Waals surface area contributed by atoms with Crippen molar-refractivity contribution in [1.29, 1.82) is 0 Å². The maximum Gasteiger partial charge on any atom is 0.308 e. The summed E-state index contributed by atoms with van der Waals surface area (Å²) in [5, 5.41) is 6.19. The van der Waals surface area contributed by atoms with Crippen molar-refractivity contribution >= 4 is 50.9 Å². The van der Waals surface area contributed by atoms with E-state index in [2.05, 4.69) is 26.6 Å². The smallest absolute Gasteiger partial charge is 0.308 e. The van der Waals surface area contributed by atoms with Crippen molar-refractivity contribution in [2.45, 2.75) is 20.4 Å². The Balaban J connectivity index is 1.86. The van der Waals surface area contributed by atoms with Gasteiger partial charge in [0.1, 0.15) is 0 Å². The Morgan fingerprint density at radius 3 is 2.52 bits per heavy atom. The molecule has 0 bridgehead atoms. The number of fused-ring (bicyclic) bond motifs is 1. The van der Waals surface area contributed by atoms with E-state index < -0.39 is 17.8 Å². The molecule has 1 heterocycles. The van der Waals surface area contributed by atoms with Gasteiger partial charge in [-0.15, -0.1) is 0 Å². The molecular formula is C21H19BrN4O5. The van der Waals surface area contributed by atoms with Gasteiger partial charge in [0, 0.05) is 42.2 Å². The predicted molar refractivity (Wildman–Crippen MR) is 116 cm³/mol. The number of halogens is 1. The number of ether oxygens (including phenoxy) is 1. The summed E-state index contributed by atoms with van der Waals surface area (Å²) in [4.78, 5) is 47.5. The Bertz CT molecular complexity index is 1130. The van der Waals surface area contributed by atoms with Gasteiger partial charge >= 0.3 is 5.97 Å². The largest absolute Gasteiger partial charge is 0.424 e. The molecule has 0 radical (unpaired) electrons. The van der Waals surface area contributed by atoms with Gasteiger partial charge in [-0.1, -0.05) is 22.0 Å². The topological polar surface area (TPSA) is 131 Å². The van der Waals surface area contributed by atoms with E-state index in [9.17, 15) is 19.2 Å². The van der Waals surface area contributed by atoms with Gasteiger partial charge in [0.05, 0.1) is 11.3 Å². The fraction of sp³-hybridized carbons (Fsp3) is 0.143. The first-order valence-electron chi connectivity index (χ1n) is 9.13. The van der Waals surface area contributed by atoms with Crippen molar-refractivity contribution in [1.82, 2.24) is 10.3 Å². The molecule has 0 spiro atoms. The van der Waals surface area contributed by atoms with Crippen LogP contribution in [-0.4, -0.2) is 28.7 Å². The van der Waals surface area contributed by atoms with E-state index in [1.165, 1.54) is 20.0 Å². The van der Waals surface area contributed by atoms with E-state index in [1.807, 2.05) is 0 Å². The Morgan fingerprint density at radius 1 is 1.10 bits per heavy atom. The number of carbonyl (C=O) groups excluding carboxylic acids is 4. The highest BCUT2D eigenvalue weighted by molar-refractivity contribution is 9.10. The third kappa shape index (κ3) is 4.98. The predicted octanol–water partition coefficient (Wildman–Crippen LogP) is 2.32. The maximum atomic E-state index is 12.5. The number of carbonyl (C=O) groups is 4. The average Bonchev–Trinajstić information content (AvgIpc) is 2.70. The zero-order valence-corrected chi connectivity index (χ0v) is 18.3. The van der Waals surface area contributed by atoms with Gasteiger partial charge in [-0.3, -0.25) is 19.2 Å². The first kappa shape index (κ1) is 22.2. The molecule has 160 valence electrons. The number of hydrazine groups is 1. The van der Waals surface area contributed by atoms with Gasteiger partial charge in [-0.25, -0.2) is 10.9 Å². The molecule has 0 fully saturated rings. The minimum Gasteiger partial charge on any atom is -0.424 e. The molecule has 0 atom stereocenters. The number of nitrogens with zero attached hydrogens (tertiary/aromatic N) is 1. The van der Waals surface area contributed by atoms with E-state index in [0.717, 1.165) is 5.56 Å². The number of esters is 1. The molecule has 10 heteroatoms. The summed E-state index contributed by atoms with van der Waals surface area (Å²) in [7, 11) is 0. The van der Waals surface area contributed by atoms with Crippen molar-refractivity contribution in [3.05, 3.63) is 63.8 Å². The minimum absolute atomic E-state index is 0.205. The summed E-state index contributed by atoms with van der Waals surface area (Å²) in [6.45, 7) is 2.88. The summed E-state index contributed by atoms with van der Waals surface area (Å²) in [5.74, 6) is 3.81. The number of hydrogen-bond donors (Lipinski definition) is 3. The molecule has 9 nitrogen and oxygen atoms in total. The van der Waals surface area contributed by atoms with Gasteiger partial charge in [-0.05, 0) is 35.9 Å². The summed E-state index contributed by atoms with van der Waals surface area (Å²) in [5.41, 5.74) is 2.09. The van der Waals surface area contributed by atoms with Crippen LogP contribution in [0.2, 0.25) is 0 Å². The number of rotatable bonds is 5. The monoisotopic (exact) mass is 486 g/mol. The molecule has 0 unspecified atom stereocenters. The Morgan fingerprint density at radius 2 is 1.84 bits per heavy atom. The molecule has 3 rings (SSSR count). The van der Waals surface area contributed by atoms with Gasteiger partial charge in [0.15, 0.2) is 5.75 Å². The van der Waals surface area contributed by atoms with E-state index in [4.69, 9.17) is 10.6 Å². The molecular weight excluding hydrogens is 468 g/mol. The van der Waals surface area contributed by atoms with Gasteiger partial charge in [0.25, 0.3) is 11.8 Å². The molecule has 2 aromatic carbocycles. The highest BCUT2D eigenvalue weighted by Crippen LogP contribution is 2.30. The van der Waals surface area contributed by atoms with Gasteiger partial charge in [-0.2, -0.15) is 0 Å². The number of benzene rings is 2.